The summed E-state index contributed by atoms with van der Waals surface area (Å²) in [6.45, 7) is 10.4. The second-order valence-corrected chi connectivity index (χ2v) is 7.31. The van der Waals surface area contributed by atoms with Crippen LogP contribution < -0.4 is 15.5 Å². The number of nitrogens with zero attached hydrogens (tertiary/aromatic N) is 3. The highest BCUT2D eigenvalue weighted by Gasteiger charge is 2.15. The maximum absolute atomic E-state index is 14.6. The zero-order valence-electron chi connectivity index (χ0n) is 17.8. The Morgan fingerprint density at radius 1 is 1.23 bits per heavy atom. The van der Waals surface area contributed by atoms with E-state index in [1.165, 1.54) is 0 Å². The first-order valence-corrected chi connectivity index (χ1v) is 10.2. The summed E-state index contributed by atoms with van der Waals surface area (Å²) in [5.41, 5.74) is 2.37. The number of aromatic nitrogens is 1. The molecule has 0 atom stereocenters. The number of anilines is 1. The standard InChI is InChI=1S/C21H30FN5O2.HI/c1-4-23-21(25-14-17-12-19(15(2)3)26-29-17)24-13-16-5-6-20(18(22)11-16)27-7-9-28-10-8-27;/h5-6,11-12,15H,4,7-10,13-14H2,1-3H3,(H2,23,24,25);1H. The molecule has 3 rings (SSSR count). The summed E-state index contributed by atoms with van der Waals surface area (Å²) in [4.78, 5) is 6.57. The number of aliphatic imine (C=N–C) groups is 1. The summed E-state index contributed by atoms with van der Waals surface area (Å²) in [7, 11) is 0. The molecule has 1 aromatic heterocycles. The minimum Gasteiger partial charge on any atom is -0.378 e. The fraction of sp³-hybridized carbons (Fsp3) is 0.524. The molecule has 0 aliphatic carbocycles. The van der Waals surface area contributed by atoms with Gasteiger partial charge in [0.15, 0.2) is 11.7 Å². The van der Waals surface area contributed by atoms with Crippen molar-refractivity contribution in [3.05, 3.63) is 47.1 Å². The van der Waals surface area contributed by atoms with E-state index in [1.54, 1.807) is 6.07 Å². The van der Waals surface area contributed by atoms with Crippen LogP contribution in [0.25, 0.3) is 0 Å². The van der Waals surface area contributed by atoms with Crippen molar-refractivity contribution in [1.82, 2.24) is 15.8 Å². The van der Waals surface area contributed by atoms with Crippen LogP contribution in [-0.2, 0) is 17.8 Å². The van der Waals surface area contributed by atoms with Crippen molar-refractivity contribution in [2.24, 2.45) is 4.99 Å². The second-order valence-electron chi connectivity index (χ2n) is 7.31. The van der Waals surface area contributed by atoms with E-state index < -0.39 is 0 Å². The van der Waals surface area contributed by atoms with Gasteiger partial charge in [0, 0.05) is 25.7 Å². The number of nitrogens with one attached hydrogen (secondary N) is 2. The summed E-state index contributed by atoms with van der Waals surface area (Å²) in [6, 6.07) is 7.25. The van der Waals surface area contributed by atoms with Crippen LogP contribution in [-0.4, -0.2) is 44.0 Å². The molecule has 2 N–H and O–H groups in total. The van der Waals surface area contributed by atoms with Crippen molar-refractivity contribution < 1.29 is 13.7 Å². The molecule has 1 aliphatic rings. The first kappa shape index (κ1) is 24.4. The monoisotopic (exact) mass is 531 g/mol. The molecule has 166 valence electrons. The summed E-state index contributed by atoms with van der Waals surface area (Å²) in [5, 5.41) is 10.5. The van der Waals surface area contributed by atoms with Gasteiger partial charge in [-0.25, -0.2) is 9.38 Å². The number of morpholine rings is 1. The van der Waals surface area contributed by atoms with Crippen LogP contribution in [0.5, 0.6) is 0 Å². The largest absolute Gasteiger partial charge is 0.378 e. The minimum absolute atomic E-state index is 0. The molecule has 0 spiro atoms. The molecule has 2 heterocycles. The highest BCUT2D eigenvalue weighted by molar-refractivity contribution is 14.0. The van der Waals surface area contributed by atoms with Gasteiger partial charge in [0.25, 0.3) is 0 Å². The quantitative estimate of drug-likeness (QED) is 0.323. The predicted octanol–water partition coefficient (Wildman–Crippen LogP) is 3.65. The van der Waals surface area contributed by atoms with E-state index in [0.29, 0.717) is 57.0 Å². The first-order chi connectivity index (χ1) is 14.1. The molecule has 7 nitrogen and oxygen atoms in total. The minimum atomic E-state index is -0.222. The molecule has 1 aromatic carbocycles. The van der Waals surface area contributed by atoms with E-state index in [9.17, 15) is 4.39 Å². The molecule has 30 heavy (non-hydrogen) atoms. The fourth-order valence-electron chi connectivity index (χ4n) is 3.08. The second kappa shape index (κ2) is 12.1. The summed E-state index contributed by atoms with van der Waals surface area (Å²) in [5.74, 6) is 1.50. The Hall–Kier alpha value is -1.88. The molecule has 2 aromatic rings. The van der Waals surface area contributed by atoms with E-state index in [-0.39, 0.29) is 29.8 Å². The Kier molecular flexibility index (Phi) is 9.83. The van der Waals surface area contributed by atoms with Crippen LogP contribution in [0.1, 0.15) is 43.7 Å². The maximum atomic E-state index is 14.6. The van der Waals surface area contributed by atoms with Gasteiger partial charge in [0.2, 0.25) is 0 Å². The summed E-state index contributed by atoms with van der Waals surface area (Å²) >= 11 is 0. The van der Waals surface area contributed by atoms with E-state index >= 15 is 0 Å². The number of hydrogen-bond acceptors (Lipinski definition) is 5. The van der Waals surface area contributed by atoms with Crippen molar-refractivity contribution in [3.63, 3.8) is 0 Å². The lowest BCUT2D eigenvalue weighted by Gasteiger charge is -2.29. The third-order valence-corrected chi connectivity index (χ3v) is 4.73. The summed E-state index contributed by atoms with van der Waals surface area (Å²) in [6.07, 6.45) is 0. The molecular formula is C21H31FIN5O2. The van der Waals surface area contributed by atoms with Gasteiger partial charge < -0.3 is 24.8 Å². The number of ether oxygens (including phenoxy) is 1. The van der Waals surface area contributed by atoms with Crippen LogP contribution in [0.3, 0.4) is 0 Å². The van der Waals surface area contributed by atoms with Crippen LogP contribution in [0.2, 0.25) is 0 Å². The Labute approximate surface area is 194 Å². The zero-order chi connectivity index (χ0) is 20.6. The lowest BCUT2D eigenvalue weighted by Crippen LogP contribution is -2.37. The Morgan fingerprint density at radius 2 is 2.00 bits per heavy atom. The van der Waals surface area contributed by atoms with Crippen molar-refractivity contribution in [2.75, 3.05) is 37.7 Å². The topological polar surface area (TPSA) is 74.9 Å². The molecule has 9 heteroatoms. The molecule has 1 fully saturated rings. The van der Waals surface area contributed by atoms with Gasteiger partial charge >= 0.3 is 0 Å². The molecule has 1 aliphatic heterocycles. The number of hydrogen-bond donors (Lipinski definition) is 2. The van der Waals surface area contributed by atoms with E-state index in [1.807, 2.05) is 30.0 Å². The SMILES string of the molecule is CCNC(=NCc1ccc(N2CCOCC2)c(F)c1)NCc1cc(C(C)C)no1.I. The van der Waals surface area contributed by atoms with Gasteiger partial charge in [-0.15, -0.1) is 24.0 Å². The van der Waals surface area contributed by atoms with Crippen molar-refractivity contribution in [2.45, 2.75) is 39.8 Å². The highest BCUT2D eigenvalue weighted by atomic mass is 127. The third-order valence-electron chi connectivity index (χ3n) is 4.73. The number of benzene rings is 1. The molecule has 0 unspecified atom stereocenters. The maximum Gasteiger partial charge on any atom is 0.191 e. The van der Waals surface area contributed by atoms with E-state index in [2.05, 4.69) is 34.6 Å². The highest BCUT2D eigenvalue weighted by Crippen LogP contribution is 2.22. The van der Waals surface area contributed by atoms with Gasteiger partial charge in [-0.1, -0.05) is 25.1 Å². The smallest absolute Gasteiger partial charge is 0.191 e. The molecule has 1 saturated heterocycles. The van der Waals surface area contributed by atoms with Crippen LogP contribution in [0, 0.1) is 5.82 Å². The van der Waals surface area contributed by atoms with Crippen LogP contribution >= 0.6 is 24.0 Å². The lowest BCUT2D eigenvalue weighted by molar-refractivity contribution is 0.122. The fourth-order valence-corrected chi connectivity index (χ4v) is 3.08. The number of rotatable bonds is 7. The molecule has 0 saturated carbocycles. The molecule has 0 radical (unpaired) electrons. The summed E-state index contributed by atoms with van der Waals surface area (Å²) < 4.78 is 25.2. The number of halogens is 2. The van der Waals surface area contributed by atoms with Crippen molar-refractivity contribution >= 4 is 35.6 Å². The van der Waals surface area contributed by atoms with Gasteiger partial charge in [-0.2, -0.15) is 0 Å². The number of guanidine groups is 1. The lowest BCUT2D eigenvalue weighted by atomic mass is 10.1. The normalized spacial score (nSPS) is 14.6. The van der Waals surface area contributed by atoms with Crippen LogP contribution in [0.4, 0.5) is 10.1 Å². The van der Waals surface area contributed by atoms with Crippen molar-refractivity contribution in [3.8, 4) is 0 Å². The van der Waals surface area contributed by atoms with Crippen molar-refractivity contribution in [1.29, 1.82) is 0 Å². The molecular weight excluding hydrogens is 500 g/mol. The van der Waals surface area contributed by atoms with E-state index in [4.69, 9.17) is 9.26 Å². The van der Waals surface area contributed by atoms with Crippen LogP contribution in [0.15, 0.2) is 33.8 Å². The Balaban J connectivity index is 0.00000320. The van der Waals surface area contributed by atoms with Gasteiger partial charge in [0.05, 0.1) is 37.7 Å². The average Bonchev–Trinajstić information content (AvgIpc) is 3.20. The van der Waals surface area contributed by atoms with Gasteiger partial charge in [0.1, 0.15) is 5.82 Å². The Morgan fingerprint density at radius 3 is 2.63 bits per heavy atom. The zero-order valence-corrected chi connectivity index (χ0v) is 20.1. The average molecular weight is 531 g/mol. The van der Waals surface area contributed by atoms with Gasteiger partial charge in [-0.05, 0) is 30.5 Å². The van der Waals surface area contributed by atoms with E-state index in [0.717, 1.165) is 23.6 Å². The molecule has 0 amide bonds. The Bertz CT molecular complexity index is 821. The first-order valence-electron chi connectivity index (χ1n) is 10.2. The third kappa shape index (κ3) is 6.83. The van der Waals surface area contributed by atoms with Gasteiger partial charge in [-0.3, -0.25) is 0 Å². The molecule has 0 bridgehead atoms. The predicted molar refractivity (Wildman–Crippen MR) is 127 cm³/mol.